The minimum absolute atomic E-state index is 0.695. The lowest BCUT2D eigenvalue weighted by Crippen LogP contribution is -2.34. The number of rotatable bonds is 6. The topological polar surface area (TPSA) is 64.8 Å². The molecule has 0 bridgehead atoms. The van der Waals surface area contributed by atoms with Crippen LogP contribution in [0.15, 0.2) is 15.5 Å². The quantitative estimate of drug-likeness (QED) is 0.486. The van der Waals surface area contributed by atoms with E-state index in [0.717, 1.165) is 30.7 Å². The lowest BCUT2D eigenvalue weighted by molar-refractivity contribution is 0.326. The molecular formula is C15H33N3O3Si3. The van der Waals surface area contributed by atoms with Crippen molar-refractivity contribution in [1.82, 2.24) is 0 Å². The van der Waals surface area contributed by atoms with Crippen LogP contribution in [0.25, 0.3) is 0 Å². The molecule has 0 unspecified atom stereocenters. The highest BCUT2D eigenvalue weighted by atomic mass is 28.4. The molecule has 0 aromatic rings. The molecule has 1 saturated carbocycles. The van der Waals surface area contributed by atoms with Crippen LogP contribution in [-0.4, -0.2) is 42.1 Å². The van der Waals surface area contributed by atoms with Crippen molar-refractivity contribution in [2.45, 2.75) is 78.2 Å². The van der Waals surface area contributed by atoms with Gasteiger partial charge in [0.05, 0.1) is 0 Å². The number of hydrogen-bond donors (Lipinski definition) is 0. The van der Waals surface area contributed by atoms with Crippen molar-refractivity contribution in [1.29, 1.82) is 0 Å². The molecule has 0 N–H and O–H groups in total. The first kappa shape index (κ1) is 21.1. The Morgan fingerprint density at radius 1 is 0.583 bits per heavy atom. The zero-order chi connectivity index (χ0) is 18.6. The molecule has 9 heteroatoms. The van der Waals surface area contributed by atoms with Crippen LogP contribution < -0.4 is 0 Å². The highest BCUT2D eigenvalue weighted by Crippen LogP contribution is 2.17. The molecule has 0 saturated heterocycles. The monoisotopic (exact) mass is 387 g/mol. The van der Waals surface area contributed by atoms with Gasteiger partial charge < -0.3 is 13.6 Å². The molecule has 6 nitrogen and oxygen atoms in total. The van der Waals surface area contributed by atoms with Gasteiger partial charge in [-0.05, 0) is 78.2 Å². The van der Waals surface area contributed by atoms with Gasteiger partial charge in [-0.25, -0.2) is 0 Å². The Morgan fingerprint density at radius 3 is 1.25 bits per heavy atom. The van der Waals surface area contributed by atoms with Gasteiger partial charge in [-0.2, -0.15) is 0 Å². The maximum atomic E-state index is 5.77. The number of hydrogen-bond acceptors (Lipinski definition) is 6. The Morgan fingerprint density at radius 2 is 0.917 bits per heavy atom. The minimum Gasteiger partial charge on any atom is -0.455 e. The van der Waals surface area contributed by atoms with E-state index in [1.165, 1.54) is 0 Å². The molecule has 0 heterocycles. The van der Waals surface area contributed by atoms with Crippen molar-refractivity contribution in [3.63, 3.8) is 0 Å². The van der Waals surface area contributed by atoms with Crippen LogP contribution in [0.2, 0.25) is 58.9 Å². The van der Waals surface area contributed by atoms with E-state index >= 15 is 0 Å². The maximum Gasteiger partial charge on any atom is 0.278 e. The van der Waals surface area contributed by atoms with Gasteiger partial charge in [0.2, 0.25) is 0 Å². The second-order valence-corrected chi connectivity index (χ2v) is 22.2. The molecule has 0 spiro atoms. The van der Waals surface area contributed by atoms with E-state index in [4.69, 9.17) is 13.6 Å². The third-order valence-corrected chi connectivity index (χ3v) is 4.56. The van der Waals surface area contributed by atoms with Crippen LogP contribution in [0, 0.1) is 0 Å². The van der Waals surface area contributed by atoms with E-state index in [0.29, 0.717) is 5.71 Å². The van der Waals surface area contributed by atoms with Gasteiger partial charge >= 0.3 is 0 Å². The average molecular weight is 388 g/mol. The third kappa shape index (κ3) is 8.78. The van der Waals surface area contributed by atoms with Gasteiger partial charge in [0.1, 0.15) is 11.4 Å². The van der Waals surface area contributed by atoms with Gasteiger partial charge in [-0.15, -0.1) is 10.3 Å². The summed E-state index contributed by atoms with van der Waals surface area (Å²) in [5.41, 5.74) is 2.33. The van der Waals surface area contributed by atoms with Crippen molar-refractivity contribution in [2.75, 3.05) is 0 Å². The average Bonchev–Trinajstić information content (AvgIpc) is 2.38. The lowest BCUT2D eigenvalue weighted by atomic mass is 9.94. The van der Waals surface area contributed by atoms with Gasteiger partial charge in [-0.1, -0.05) is 5.16 Å². The van der Waals surface area contributed by atoms with Gasteiger partial charge in [0.15, 0.2) is 5.71 Å². The van der Waals surface area contributed by atoms with Crippen LogP contribution in [0.5, 0.6) is 0 Å². The minimum atomic E-state index is -1.78. The summed E-state index contributed by atoms with van der Waals surface area (Å²) in [4.78, 5) is 0. The molecule has 138 valence electrons. The Kier molecular flexibility index (Phi) is 7.00. The van der Waals surface area contributed by atoms with Crippen molar-refractivity contribution < 1.29 is 13.6 Å². The zero-order valence-corrected chi connectivity index (χ0v) is 19.7. The van der Waals surface area contributed by atoms with Crippen LogP contribution in [-0.2, 0) is 13.6 Å². The van der Waals surface area contributed by atoms with Gasteiger partial charge in [0, 0.05) is 0 Å². The molecule has 0 amide bonds. The van der Waals surface area contributed by atoms with E-state index < -0.39 is 25.0 Å². The first-order valence-corrected chi connectivity index (χ1v) is 18.8. The standard InChI is InChI=1S/C15H33N3O3Si3/c1-22(2,3)19-16-13-11-10-12-14(17-20-23(4,5)6)15(13)18-21-24(7,8)9/h10-12H2,1-9H3/b16-13-,17-14+,18-15?. The molecule has 1 aliphatic rings. The predicted octanol–water partition coefficient (Wildman–Crippen LogP) is 4.79. The molecule has 0 radical (unpaired) electrons. The molecular weight excluding hydrogens is 354 g/mol. The van der Waals surface area contributed by atoms with E-state index in [9.17, 15) is 0 Å². The smallest absolute Gasteiger partial charge is 0.278 e. The largest absolute Gasteiger partial charge is 0.455 e. The molecule has 0 aromatic carbocycles. The first-order chi connectivity index (χ1) is 10.8. The molecule has 1 fully saturated rings. The first-order valence-electron chi connectivity index (χ1n) is 8.54. The fourth-order valence-electron chi connectivity index (χ4n) is 1.68. The summed E-state index contributed by atoms with van der Waals surface area (Å²) >= 11 is 0. The summed E-state index contributed by atoms with van der Waals surface area (Å²) < 4.78 is 17.2. The normalized spacial score (nSPS) is 22.1. The fraction of sp³-hybridized carbons (Fsp3) is 0.800. The van der Waals surface area contributed by atoms with Crippen LogP contribution >= 0.6 is 0 Å². The molecule has 1 rings (SSSR count). The summed E-state index contributed by atoms with van der Waals surface area (Å²) in [5, 5.41) is 13.2. The summed E-state index contributed by atoms with van der Waals surface area (Å²) in [5.74, 6) is 0. The van der Waals surface area contributed by atoms with Crippen molar-refractivity contribution in [3.05, 3.63) is 0 Å². The van der Waals surface area contributed by atoms with E-state index in [1.54, 1.807) is 0 Å². The van der Waals surface area contributed by atoms with Crippen molar-refractivity contribution >= 4 is 42.1 Å². The summed E-state index contributed by atoms with van der Waals surface area (Å²) in [6.45, 7) is 19.0. The zero-order valence-electron chi connectivity index (χ0n) is 16.7. The SMILES string of the molecule is C[Si](C)(C)ON=C1/C(=N\O[Si](C)(C)C)CCC/C1=N\O[Si](C)(C)C. The van der Waals surface area contributed by atoms with E-state index in [2.05, 4.69) is 74.4 Å². The Hall–Kier alpha value is -0.939. The Labute approximate surface area is 149 Å². The van der Waals surface area contributed by atoms with Crippen LogP contribution in [0.3, 0.4) is 0 Å². The van der Waals surface area contributed by atoms with Crippen LogP contribution in [0.4, 0.5) is 0 Å². The maximum absolute atomic E-state index is 5.77. The molecule has 0 aromatic heterocycles. The molecule has 0 atom stereocenters. The van der Waals surface area contributed by atoms with E-state index in [1.807, 2.05) is 0 Å². The summed E-state index contributed by atoms with van der Waals surface area (Å²) in [6, 6.07) is 0. The summed E-state index contributed by atoms with van der Waals surface area (Å²) in [7, 11) is -5.26. The number of oxime groups is 3. The Bertz CT molecular complexity index is 491. The van der Waals surface area contributed by atoms with Crippen molar-refractivity contribution in [3.8, 4) is 0 Å². The second kappa shape index (κ2) is 7.96. The third-order valence-electron chi connectivity index (χ3n) is 2.64. The highest BCUT2D eigenvalue weighted by molar-refractivity contribution is 6.73. The predicted molar refractivity (Wildman–Crippen MR) is 109 cm³/mol. The van der Waals surface area contributed by atoms with E-state index in [-0.39, 0.29) is 0 Å². The Balaban J connectivity index is 3.13. The summed E-state index contributed by atoms with van der Waals surface area (Å²) in [6.07, 6.45) is 2.61. The molecule has 0 aliphatic heterocycles. The molecule has 24 heavy (non-hydrogen) atoms. The fourth-order valence-corrected chi connectivity index (χ4v) is 2.81. The van der Waals surface area contributed by atoms with Gasteiger partial charge in [0.25, 0.3) is 25.0 Å². The van der Waals surface area contributed by atoms with Crippen molar-refractivity contribution in [2.24, 2.45) is 15.5 Å². The lowest BCUT2D eigenvalue weighted by Gasteiger charge is -2.22. The second-order valence-electron chi connectivity index (χ2n) is 8.98. The van der Waals surface area contributed by atoms with Crippen LogP contribution in [0.1, 0.15) is 19.3 Å². The highest BCUT2D eigenvalue weighted by Gasteiger charge is 2.28. The molecule has 1 aliphatic carbocycles. The number of nitrogens with zero attached hydrogens (tertiary/aromatic N) is 3. The van der Waals surface area contributed by atoms with Gasteiger partial charge in [-0.3, -0.25) is 0 Å².